The summed E-state index contributed by atoms with van der Waals surface area (Å²) in [7, 11) is 0. The van der Waals surface area contributed by atoms with Gasteiger partial charge in [0.15, 0.2) is 0 Å². The Bertz CT molecular complexity index is 914. The Morgan fingerprint density at radius 2 is 1.65 bits per heavy atom. The fourth-order valence-electron chi connectivity index (χ4n) is 4.23. The number of hydrogen-bond donors (Lipinski definition) is 0. The van der Waals surface area contributed by atoms with Gasteiger partial charge in [-0.3, -0.25) is 14.5 Å². The fourth-order valence-corrected chi connectivity index (χ4v) is 5.36. The van der Waals surface area contributed by atoms with Crippen molar-refractivity contribution in [2.24, 2.45) is 5.92 Å². The first kappa shape index (κ1) is 22.1. The van der Waals surface area contributed by atoms with Crippen LogP contribution in [0.4, 0.5) is 0 Å². The Labute approximate surface area is 192 Å². The van der Waals surface area contributed by atoms with Gasteiger partial charge in [0.05, 0.1) is 4.34 Å². The lowest BCUT2D eigenvalue weighted by molar-refractivity contribution is -0.140. The van der Waals surface area contributed by atoms with Crippen LogP contribution in [0.3, 0.4) is 0 Å². The molecular formula is C24H28ClN3O2S. The summed E-state index contributed by atoms with van der Waals surface area (Å²) in [5, 5.41) is 0. The second-order valence-electron chi connectivity index (χ2n) is 8.15. The normalized spacial score (nSPS) is 18.6. The van der Waals surface area contributed by atoms with Gasteiger partial charge in [-0.25, -0.2) is 0 Å². The van der Waals surface area contributed by atoms with Crippen LogP contribution in [-0.2, 0) is 16.1 Å². The van der Waals surface area contributed by atoms with Crippen molar-refractivity contribution >= 4 is 40.8 Å². The number of thiophene rings is 1. The number of carbonyl (C=O) groups excluding carboxylic acids is 2. The summed E-state index contributed by atoms with van der Waals surface area (Å²) in [6.07, 6.45) is 4.98. The van der Waals surface area contributed by atoms with Crippen LogP contribution in [0.2, 0.25) is 4.34 Å². The van der Waals surface area contributed by atoms with Gasteiger partial charge in [-0.1, -0.05) is 41.9 Å². The van der Waals surface area contributed by atoms with Crippen molar-refractivity contribution in [2.75, 3.05) is 39.3 Å². The van der Waals surface area contributed by atoms with Crippen molar-refractivity contribution in [2.45, 2.75) is 19.4 Å². The molecule has 31 heavy (non-hydrogen) atoms. The van der Waals surface area contributed by atoms with E-state index in [0.29, 0.717) is 13.1 Å². The minimum atomic E-state index is 0.0250. The first-order chi connectivity index (χ1) is 15.1. The standard InChI is InChI=1S/C24H28ClN3O2S/c25-22-8-7-21(31-22)18-26-14-16-28(17-15-26)24(30)20-10-12-27(13-11-20)23(29)9-6-19-4-2-1-3-5-19/h1-9,20H,10-18H2/b9-6+. The number of hydrogen-bond acceptors (Lipinski definition) is 4. The summed E-state index contributed by atoms with van der Waals surface area (Å²) in [5.74, 6) is 0.313. The molecule has 1 aromatic carbocycles. The third-order valence-corrected chi connectivity index (χ3v) is 7.28. The molecule has 2 fully saturated rings. The molecule has 0 atom stereocenters. The van der Waals surface area contributed by atoms with Crippen molar-refractivity contribution in [3.05, 3.63) is 63.3 Å². The highest BCUT2D eigenvalue weighted by molar-refractivity contribution is 7.16. The highest BCUT2D eigenvalue weighted by atomic mass is 35.5. The second-order valence-corrected chi connectivity index (χ2v) is 9.95. The van der Waals surface area contributed by atoms with Gasteiger partial charge < -0.3 is 9.80 Å². The molecule has 0 N–H and O–H groups in total. The third kappa shape index (κ3) is 5.97. The number of likely N-dealkylation sites (tertiary alicyclic amines) is 1. The van der Waals surface area contributed by atoms with Crippen molar-refractivity contribution in [3.8, 4) is 0 Å². The Hall–Kier alpha value is -2.15. The van der Waals surface area contributed by atoms with Crippen molar-refractivity contribution in [1.29, 1.82) is 0 Å². The van der Waals surface area contributed by atoms with Gasteiger partial charge in [-0.15, -0.1) is 11.3 Å². The molecule has 2 saturated heterocycles. The van der Waals surface area contributed by atoms with E-state index in [2.05, 4.69) is 11.0 Å². The maximum Gasteiger partial charge on any atom is 0.246 e. The molecule has 1 aromatic heterocycles. The number of amides is 2. The van der Waals surface area contributed by atoms with Gasteiger partial charge in [0.1, 0.15) is 0 Å². The SMILES string of the molecule is O=C(/C=C/c1ccccc1)N1CCC(C(=O)N2CCN(Cc3ccc(Cl)s3)CC2)CC1. The van der Waals surface area contributed by atoms with Crippen LogP contribution in [0.15, 0.2) is 48.5 Å². The first-order valence-electron chi connectivity index (χ1n) is 10.9. The van der Waals surface area contributed by atoms with Crippen LogP contribution in [0.1, 0.15) is 23.3 Å². The molecule has 0 saturated carbocycles. The summed E-state index contributed by atoms with van der Waals surface area (Å²) in [4.78, 5) is 33.0. The molecule has 3 heterocycles. The summed E-state index contributed by atoms with van der Waals surface area (Å²) in [6.45, 7) is 5.52. The monoisotopic (exact) mass is 457 g/mol. The van der Waals surface area contributed by atoms with Crippen LogP contribution in [0.5, 0.6) is 0 Å². The van der Waals surface area contributed by atoms with E-state index in [1.807, 2.05) is 52.3 Å². The minimum Gasteiger partial charge on any atom is -0.340 e. The quantitative estimate of drug-likeness (QED) is 0.637. The molecule has 0 bridgehead atoms. The largest absolute Gasteiger partial charge is 0.340 e. The predicted molar refractivity (Wildman–Crippen MR) is 126 cm³/mol. The van der Waals surface area contributed by atoms with Crippen molar-refractivity contribution in [3.63, 3.8) is 0 Å². The van der Waals surface area contributed by atoms with E-state index in [4.69, 9.17) is 11.6 Å². The zero-order valence-electron chi connectivity index (χ0n) is 17.6. The van der Waals surface area contributed by atoms with Gasteiger partial charge in [0.2, 0.25) is 11.8 Å². The third-order valence-electron chi connectivity index (χ3n) is 6.07. The number of piperazine rings is 1. The molecular weight excluding hydrogens is 430 g/mol. The van der Waals surface area contributed by atoms with E-state index in [-0.39, 0.29) is 17.7 Å². The average molecular weight is 458 g/mol. The smallest absolute Gasteiger partial charge is 0.246 e. The second kappa shape index (κ2) is 10.4. The number of nitrogens with zero attached hydrogens (tertiary/aromatic N) is 3. The van der Waals surface area contributed by atoms with Crippen LogP contribution < -0.4 is 0 Å². The van der Waals surface area contributed by atoms with Crippen molar-refractivity contribution < 1.29 is 9.59 Å². The topological polar surface area (TPSA) is 43.9 Å². The zero-order valence-corrected chi connectivity index (χ0v) is 19.2. The number of halogens is 1. The van der Waals surface area contributed by atoms with E-state index in [1.54, 1.807) is 17.4 Å². The molecule has 2 aliphatic heterocycles. The van der Waals surface area contributed by atoms with Gasteiger partial charge in [0, 0.05) is 62.7 Å². The number of benzene rings is 1. The van der Waals surface area contributed by atoms with Gasteiger partial charge in [0.25, 0.3) is 0 Å². The number of piperidine rings is 1. The molecule has 0 unspecified atom stereocenters. The summed E-state index contributed by atoms with van der Waals surface area (Å²) in [5.41, 5.74) is 1.02. The Kier molecular flexibility index (Phi) is 7.43. The maximum atomic E-state index is 13.0. The van der Waals surface area contributed by atoms with Gasteiger partial charge in [-0.2, -0.15) is 0 Å². The highest BCUT2D eigenvalue weighted by Crippen LogP contribution is 2.24. The predicted octanol–water partition coefficient (Wildman–Crippen LogP) is 4.00. The average Bonchev–Trinajstić information content (AvgIpc) is 3.22. The molecule has 0 aliphatic carbocycles. The Morgan fingerprint density at radius 1 is 0.935 bits per heavy atom. The molecule has 7 heteroatoms. The van der Waals surface area contributed by atoms with Crippen LogP contribution in [0, 0.1) is 5.92 Å². The first-order valence-corrected chi connectivity index (χ1v) is 12.1. The minimum absolute atomic E-state index is 0.0250. The van der Waals surface area contributed by atoms with E-state index in [0.717, 1.165) is 55.5 Å². The maximum absolute atomic E-state index is 13.0. The summed E-state index contributed by atoms with van der Waals surface area (Å²) < 4.78 is 0.823. The zero-order chi connectivity index (χ0) is 21.6. The summed E-state index contributed by atoms with van der Waals surface area (Å²) in [6, 6.07) is 13.8. The lowest BCUT2D eigenvalue weighted by Crippen LogP contribution is -2.51. The van der Waals surface area contributed by atoms with E-state index in [9.17, 15) is 9.59 Å². The Balaban J connectivity index is 1.20. The molecule has 2 aromatic rings. The van der Waals surface area contributed by atoms with Crippen molar-refractivity contribution in [1.82, 2.24) is 14.7 Å². The molecule has 164 valence electrons. The molecule has 2 aliphatic rings. The highest BCUT2D eigenvalue weighted by Gasteiger charge is 2.31. The fraction of sp³-hybridized carbons (Fsp3) is 0.417. The van der Waals surface area contributed by atoms with Gasteiger partial charge >= 0.3 is 0 Å². The van der Waals surface area contributed by atoms with Crippen LogP contribution in [0.25, 0.3) is 6.08 Å². The lowest BCUT2D eigenvalue weighted by Gasteiger charge is -2.38. The summed E-state index contributed by atoms with van der Waals surface area (Å²) >= 11 is 7.65. The van der Waals surface area contributed by atoms with Crippen LogP contribution in [-0.4, -0.2) is 65.8 Å². The Morgan fingerprint density at radius 3 is 2.29 bits per heavy atom. The molecule has 0 radical (unpaired) electrons. The molecule has 5 nitrogen and oxygen atoms in total. The van der Waals surface area contributed by atoms with Gasteiger partial charge in [-0.05, 0) is 36.6 Å². The molecule has 0 spiro atoms. The molecule has 2 amide bonds. The van der Waals surface area contributed by atoms with E-state index < -0.39 is 0 Å². The van der Waals surface area contributed by atoms with E-state index >= 15 is 0 Å². The van der Waals surface area contributed by atoms with E-state index in [1.165, 1.54) is 4.88 Å². The number of carbonyl (C=O) groups is 2. The van der Waals surface area contributed by atoms with Crippen LogP contribution >= 0.6 is 22.9 Å². The number of rotatable bonds is 5. The molecule has 4 rings (SSSR count). The lowest BCUT2D eigenvalue weighted by atomic mass is 9.95.